The van der Waals surface area contributed by atoms with E-state index in [1.807, 2.05) is 0 Å². The first-order chi connectivity index (χ1) is 9.90. The van der Waals surface area contributed by atoms with Crippen LogP contribution < -0.4 is 0 Å². The Hall–Kier alpha value is -1.60. The molecule has 1 nitrogen and oxygen atoms in total. The average molecular weight is 265 g/mol. The number of benzene rings is 2. The molecule has 1 aliphatic rings. The minimum atomic E-state index is 0.570. The van der Waals surface area contributed by atoms with Crippen LogP contribution in [0.1, 0.15) is 49.4 Å². The number of hydrogen-bond acceptors (Lipinski definition) is 1. The maximum absolute atomic E-state index is 2.67. The molecule has 0 radical (unpaired) electrons. The van der Waals surface area contributed by atoms with Crippen LogP contribution in [-0.2, 0) is 0 Å². The molecule has 0 bridgehead atoms. The molecule has 2 atom stereocenters. The van der Waals surface area contributed by atoms with Crippen LogP contribution >= 0.6 is 0 Å². The number of hydrogen-bond donors (Lipinski definition) is 0. The van der Waals surface area contributed by atoms with Gasteiger partial charge in [-0.25, -0.2) is 0 Å². The molecule has 2 aromatic rings. The molecule has 2 unspecified atom stereocenters. The first kappa shape index (κ1) is 13.4. The molecule has 2 aromatic carbocycles. The van der Waals surface area contributed by atoms with Gasteiger partial charge >= 0.3 is 0 Å². The van der Waals surface area contributed by atoms with E-state index < -0.39 is 0 Å². The SMILES string of the molecule is CCN1C(c2ccccc2)CCCC1c1ccccc1. The zero-order chi connectivity index (χ0) is 13.8. The summed E-state index contributed by atoms with van der Waals surface area (Å²) >= 11 is 0. The highest BCUT2D eigenvalue weighted by molar-refractivity contribution is 5.24. The summed E-state index contributed by atoms with van der Waals surface area (Å²) in [6.45, 7) is 3.40. The van der Waals surface area contributed by atoms with Crippen molar-refractivity contribution in [2.24, 2.45) is 0 Å². The molecule has 3 rings (SSSR count). The fourth-order valence-electron chi connectivity index (χ4n) is 3.56. The van der Waals surface area contributed by atoms with Gasteiger partial charge in [0, 0.05) is 12.1 Å². The van der Waals surface area contributed by atoms with Gasteiger partial charge in [0.2, 0.25) is 0 Å². The molecule has 0 spiro atoms. The monoisotopic (exact) mass is 265 g/mol. The minimum absolute atomic E-state index is 0.570. The van der Waals surface area contributed by atoms with Crippen molar-refractivity contribution in [3.8, 4) is 0 Å². The van der Waals surface area contributed by atoms with E-state index in [1.165, 1.54) is 30.4 Å². The quantitative estimate of drug-likeness (QED) is 0.757. The van der Waals surface area contributed by atoms with E-state index in [1.54, 1.807) is 0 Å². The molecule has 1 saturated heterocycles. The summed E-state index contributed by atoms with van der Waals surface area (Å²) in [6.07, 6.45) is 3.87. The van der Waals surface area contributed by atoms with Crippen LogP contribution in [0.4, 0.5) is 0 Å². The lowest BCUT2D eigenvalue weighted by Gasteiger charge is -2.42. The van der Waals surface area contributed by atoms with Crippen LogP contribution in [-0.4, -0.2) is 11.4 Å². The molecule has 104 valence electrons. The van der Waals surface area contributed by atoms with Gasteiger partial charge in [0.15, 0.2) is 0 Å². The van der Waals surface area contributed by atoms with E-state index in [0.717, 1.165) is 6.54 Å². The predicted octanol–water partition coefficient (Wildman–Crippen LogP) is 4.97. The van der Waals surface area contributed by atoms with Crippen LogP contribution in [0.5, 0.6) is 0 Å². The van der Waals surface area contributed by atoms with Gasteiger partial charge in [-0.15, -0.1) is 0 Å². The van der Waals surface area contributed by atoms with Crippen LogP contribution in [0.25, 0.3) is 0 Å². The highest BCUT2D eigenvalue weighted by Crippen LogP contribution is 2.41. The van der Waals surface area contributed by atoms with E-state index in [9.17, 15) is 0 Å². The number of likely N-dealkylation sites (tertiary alicyclic amines) is 1. The van der Waals surface area contributed by atoms with Crippen LogP contribution in [0.15, 0.2) is 60.7 Å². The Morgan fingerprint density at radius 1 is 0.800 bits per heavy atom. The fraction of sp³-hybridized carbons (Fsp3) is 0.368. The first-order valence-electron chi connectivity index (χ1n) is 7.75. The summed E-state index contributed by atoms with van der Waals surface area (Å²) in [4.78, 5) is 2.67. The summed E-state index contributed by atoms with van der Waals surface area (Å²) in [6, 6.07) is 23.1. The minimum Gasteiger partial charge on any atom is -0.290 e. The van der Waals surface area contributed by atoms with Crippen molar-refractivity contribution >= 4 is 0 Å². The summed E-state index contributed by atoms with van der Waals surface area (Å²) < 4.78 is 0. The third-order valence-corrected chi connectivity index (χ3v) is 4.49. The molecule has 0 aromatic heterocycles. The zero-order valence-corrected chi connectivity index (χ0v) is 12.2. The van der Waals surface area contributed by atoms with Crippen LogP contribution in [0.3, 0.4) is 0 Å². The summed E-state index contributed by atoms with van der Waals surface area (Å²) in [7, 11) is 0. The molecule has 0 aliphatic carbocycles. The maximum Gasteiger partial charge on any atom is 0.0354 e. The van der Waals surface area contributed by atoms with E-state index in [-0.39, 0.29) is 0 Å². The molecule has 1 heteroatoms. The van der Waals surface area contributed by atoms with Gasteiger partial charge in [-0.05, 0) is 36.9 Å². The average Bonchev–Trinajstić information content (AvgIpc) is 2.55. The van der Waals surface area contributed by atoms with Gasteiger partial charge in [0.05, 0.1) is 0 Å². The molecule has 0 saturated carbocycles. The summed E-state index contributed by atoms with van der Waals surface area (Å²) in [5, 5.41) is 0. The van der Waals surface area contributed by atoms with Crippen LogP contribution in [0.2, 0.25) is 0 Å². The van der Waals surface area contributed by atoms with Gasteiger partial charge in [0.25, 0.3) is 0 Å². The van der Waals surface area contributed by atoms with Crippen molar-refractivity contribution in [3.63, 3.8) is 0 Å². The Kier molecular flexibility index (Phi) is 4.17. The topological polar surface area (TPSA) is 3.24 Å². The van der Waals surface area contributed by atoms with Gasteiger partial charge in [-0.2, -0.15) is 0 Å². The van der Waals surface area contributed by atoms with Crippen LogP contribution in [0, 0.1) is 0 Å². The van der Waals surface area contributed by atoms with Crippen molar-refractivity contribution in [2.75, 3.05) is 6.54 Å². The van der Waals surface area contributed by atoms with Gasteiger partial charge < -0.3 is 0 Å². The number of rotatable bonds is 3. The molecular weight excluding hydrogens is 242 g/mol. The highest BCUT2D eigenvalue weighted by atomic mass is 15.2. The second kappa shape index (κ2) is 6.23. The Labute approximate surface area is 122 Å². The first-order valence-corrected chi connectivity index (χ1v) is 7.75. The fourth-order valence-corrected chi connectivity index (χ4v) is 3.56. The predicted molar refractivity (Wildman–Crippen MR) is 84.6 cm³/mol. The molecule has 1 heterocycles. The Morgan fingerprint density at radius 2 is 1.25 bits per heavy atom. The van der Waals surface area contributed by atoms with Gasteiger partial charge in [-0.1, -0.05) is 67.6 Å². The lowest BCUT2D eigenvalue weighted by molar-refractivity contribution is 0.0886. The van der Waals surface area contributed by atoms with Crippen molar-refractivity contribution in [1.82, 2.24) is 4.90 Å². The van der Waals surface area contributed by atoms with Gasteiger partial charge in [-0.3, -0.25) is 4.90 Å². The van der Waals surface area contributed by atoms with E-state index >= 15 is 0 Å². The molecule has 0 amide bonds. The third kappa shape index (κ3) is 2.64. The normalized spacial score (nSPS) is 23.6. The molecule has 20 heavy (non-hydrogen) atoms. The smallest absolute Gasteiger partial charge is 0.0354 e. The van der Waals surface area contributed by atoms with Crippen molar-refractivity contribution in [1.29, 1.82) is 0 Å². The summed E-state index contributed by atoms with van der Waals surface area (Å²) in [5.74, 6) is 0. The molecular formula is C19H23N. The van der Waals surface area contributed by atoms with Crippen molar-refractivity contribution in [2.45, 2.75) is 38.3 Å². The second-order valence-corrected chi connectivity index (χ2v) is 5.61. The molecule has 1 fully saturated rings. The van der Waals surface area contributed by atoms with E-state index in [0.29, 0.717) is 12.1 Å². The van der Waals surface area contributed by atoms with Crippen molar-refractivity contribution in [3.05, 3.63) is 71.8 Å². The van der Waals surface area contributed by atoms with Gasteiger partial charge in [0.1, 0.15) is 0 Å². The lowest BCUT2D eigenvalue weighted by Crippen LogP contribution is -2.36. The Morgan fingerprint density at radius 3 is 1.65 bits per heavy atom. The summed E-state index contributed by atoms with van der Waals surface area (Å²) in [5.41, 5.74) is 2.94. The standard InChI is InChI=1S/C19H23N/c1-2-20-18(16-10-5-3-6-11-16)14-9-15-19(20)17-12-7-4-8-13-17/h3-8,10-13,18-19H,2,9,14-15H2,1H3. The lowest BCUT2D eigenvalue weighted by atomic mass is 9.87. The Bertz CT molecular complexity index is 472. The second-order valence-electron chi connectivity index (χ2n) is 5.61. The third-order valence-electron chi connectivity index (χ3n) is 4.49. The van der Waals surface area contributed by atoms with E-state index in [2.05, 4.69) is 72.5 Å². The number of piperidine rings is 1. The molecule has 0 N–H and O–H groups in total. The molecule has 1 aliphatic heterocycles. The van der Waals surface area contributed by atoms with Crippen molar-refractivity contribution < 1.29 is 0 Å². The largest absolute Gasteiger partial charge is 0.290 e. The van der Waals surface area contributed by atoms with E-state index in [4.69, 9.17) is 0 Å². The Balaban J connectivity index is 1.90. The maximum atomic E-state index is 2.67. The zero-order valence-electron chi connectivity index (χ0n) is 12.2. The highest BCUT2D eigenvalue weighted by Gasteiger charge is 2.30. The number of nitrogens with zero attached hydrogens (tertiary/aromatic N) is 1.